The van der Waals surface area contributed by atoms with Crippen molar-refractivity contribution in [1.29, 1.82) is 0 Å². The smallest absolute Gasteiger partial charge is 0.162 e. The van der Waals surface area contributed by atoms with Gasteiger partial charge in [0.15, 0.2) is 17.4 Å². The highest BCUT2D eigenvalue weighted by Crippen LogP contribution is 2.11. The minimum atomic E-state index is -1.02. The zero-order valence-electron chi connectivity index (χ0n) is 6.76. The summed E-state index contributed by atoms with van der Waals surface area (Å²) in [4.78, 5) is 10.7. The van der Waals surface area contributed by atoms with Gasteiger partial charge < -0.3 is 5.11 Å². The van der Waals surface area contributed by atoms with Crippen molar-refractivity contribution in [1.82, 2.24) is 0 Å². The third-order valence-electron chi connectivity index (χ3n) is 1.60. The molecule has 0 unspecified atom stereocenters. The summed E-state index contributed by atoms with van der Waals surface area (Å²) in [5, 5.41) is 8.39. The number of Topliss-reactive ketones (excluding diaryl/α,β-unsaturated/α-hetero) is 1. The van der Waals surface area contributed by atoms with Gasteiger partial charge in [0.2, 0.25) is 0 Å². The molecule has 2 nitrogen and oxygen atoms in total. The Labute approximate surface area is 73.8 Å². The van der Waals surface area contributed by atoms with E-state index in [1.807, 2.05) is 0 Å². The molecule has 0 aliphatic rings. The molecule has 0 saturated heterocycles. The van der Waals surface area contributed by atoms with E-state index >= 15 is 0 Å². The SMILES string of the molecule is O=C(CO)Cc1cccc(F)c1F. The van der Waals surface area contributed by atoms with Crippen LogP contribution in [-0.2, 0) is 11.2 Å². The second-order valence-corrected chi connectivity index (χ2v) is 2.59. The first-order valence-corrected chi connectivity index (χ1v) is 3.70. The van der Waals surface area contributed by atoms with Crippen molar-refractivity contribution in [2.24, 2.45) is 0 Å². The molecule has 0 saturated carbocycles. The van der Waals surface area contributed by atoms with Crippen molar-refractivity contribution in [2.45, 2.75) is 6.42 Å². The molecular formula is C9H8F2O2. The number of carbonyl (C=O) groups is 1. The number of halogens is 2. The van der Waals surface area contributed by atoms with Crippen molar-refractivity contribution < 1.29 is 18.7 Å². The molecule has 1 aromatic carbocycles. The summed E-state index contributed by atoms with van der Waals surface area (Å²) in [7, 11) is 0. The van der Waals surface area contributed by atoms with Crippen molar-refractivity contribution in [3.8, 4) is 0 Å². The number of benzene rings is 1. The third-order valence-corrected chi connectivity index (χ3v) is 1.60. The highest BCUT2D eigenvalue weighted by molar-refractivity contribution is 5.81. The second-order valence-electron chi connectivity index (χ2n) is 2.59. The highest BCUT2D eigenvalue weighted by atomic mass is 19.2. The number of ketones is 1. The Morgan fingerprint density at radius 3 is 2.69 bits per heavy atom. The fraction of sp³-hybridized carbons (Fsp3) is 0.222. The fourth-order valence-corrected chi connectivity index (χ4v) is 0.953. The summed E-state index contributed by atoms with van der Waals surface area (Å²) >= 11 is 0. The Kier molecular flexibility index (Phi) is 3.08. The van der Waals surface area contributed by atoms with Crippen LogP contribution in [0.2, 0.25) is 0 Å². The maximum Gasteiger partial charge on any atom is 0.162 e. The van der Waals surface area contributed by atoms with Gasteiger partial charge in [0.25, 0.3) is 0 Å². The molecule has 13 heavy (non-hydrogen) atoms. The Morgan fingerprint density at radius 1 is 1.38 bits per heavy atom. The summed E-state index contributed by atoms with van der Waals surface area (Å²) in [5.74, 6) is -2.54. The number of aliphatic hydroxyl groups is 1. The molecule has 1 N–H and O–H groups in total. The first kappa shape index (κ1) is 9.80. The van der Waals surface area contributed by atoms with Crippen LogP contribution in [0.4, 0.5) is 8.78 Å². The van der Waals surface area contributed by atoms with Crippen molar-refractivity contribution >= 4 is 5.78 Å². The Balaban J connectivity index is 2.89. The minimum Gasteiger partial charge on any atom is -0.389 e. The van der Waals surface area contributed by atoms with Gasteiger partial charge in [-0.3, -0.25) is 4.79 Å². The predicted octanol–water partition coefficient (Wildman–Crippen LogP) is 1.07. The average Bonchev–Trinajstić information content (AvgIpc) is 2.13. The van der Waals surface area contributed by atoms with Gasteiger partial charge in [0.1, 0.15) is 6.61 Å². The molecule has 4 heteroatoms. The predicted molar refractivity (Wildman–Crippen MR) is 42.2 cm³/mol. The zero-order valence-corrected chi connectivity index (χ0v) is 6.76. The van der Waals surface area contributed by atoms with Crippen LogP contribution in [0.1, 0.15) is 5.56 Å². The van der Waals surface area contributed by atoms with Gasteiger partial charge in [0, 0.05) is 6.42 Å². The van der Waals surface area contributed by atoms with E-state index in [-0.39, 0.29) is 12.0 Å². The summed E-state index contributed by atoms with van der Waals surface area (Å²) < 4.78 is 25.5. The first-order chi connectivity index (χ1) is 6.15. The molecule has 70 valence electrons. The molecule has 0 aliphatic carbocycles. The normalized spacial score (nSPS) is 10.1. The van der Waals surface area contributed by atoms with Gasteiger partial charge in [-0.2, -0.15) is 0 Å². The number of aliphatic hydroxyl groups excluding tert-OH is 1. The third kappa shape index (κ3) is 2.32. The quantitative estimate of drug-likeness (QED) is 0.766. The van der Waals surface area contributed by atoms with E-state index in [2.05, 4.69) is 0 Å². The van der Waals surface area contributed by atoms with E-state index in [1.54, 1.807) is 0 Å². The number of carbonyl (C=O) groups excluding carboxylic acids is 1. The average molecular weight is 186 g/mol. The second kappa shape index (κ2) is 4.09. The molecule has 0 fully saturated rings. The minimum absolute atomic E-state index is 0.0287. The summed E-state index contributed by atoms with van der Waals surface area (Å²) in [5.41, 5.74) is -0.0287. The molecule has 0 atom stereocenters. The number of rotatable bonds is 3. The Bertz CT molecular complexity index is 323. The van der Waals surface area contributed by atoms with Gasteiger partial charge in [-0.05, 0) is 11.6 Å². The summed E-state index contributed by atoms with van der Waals surface area (Å²) in [6.07, 6.45) is -0.278. The number of hydrogen-bond acceptors (Lipinski definition) is 2. The lowest BCUT2D eigenvalue weighted by atomic mass is 10.1. The van der Waals surface area contributed by atoms with E-state index in [0.717, 1.165) is 6.07 Å². The van der Waals surface area contributed by atoms with Crippen LogP contribution in [0.15, 0.2) is 18.2 Å². The number of hydrogen-bond donors (Lipinski definition) is 1. The molecule has 0 amide bonds. The standard InChI is InChI=1S/C9H8F2O2/c10-8-3-1-2-6(9(8)11)4-7(13)5-12/h1-3,12H,4-5H2. The van der Waals surface area contributed by atoms with Gasteiger partial charge in [-0.1, -0.05) is 12.1 Å². The molecule has 0 aliphatic heterocycles. The van der Waals surface area contributed by atoms with Gasteiger partial charge in [-0.15, -0.1) is 0 Å². The highest BCUT2D eigenvalue weighted by Gasteiger charge is 2.10. The summed E-state index contributed by atoms with van der Waals surface area (Å²) in [6.45, 7) is -0.657. The van der Waals surface area contributed by atoms with Crippen LogP contribution < -0.4 is 0 Å². The lowest BCUT2D eigenvalue weighted by Crippen LogP contribution is -2.09. The molecular weight excluding hydrogens is 178 g/mol. The zero-order chi connectivity index (χ0) is 9.84. The van der Waals surface area contributed by atoms with Crippen LogP contribution in [-0.4, -0.2) is 17.5 Å². The molecule has 0 spiro atoms. The lowest BCUT2D eigenvalue weighted by molar-refractivity contribution is -0.121. The van der Waals surface area contributed by atoms with Gasteiger partial charge in [-0.25, -0.2) is 8.78 Å². The maximum absolute atomic E-state index is 12.9. The lowest BCUT2D eigenvalue weighted by Gasteiger charge is -2.00. The van der Waals surface area contributed by atoms with E-state index in [0.29, 0.717) is 0 Å². The molecule has 0 aromatic heterocycles. The van der Waals surface area contributed by atoms with Crippen molar-refractivity contribution in [3.05, 3.63) is 35.4 Å². The van der Waals surface area contributed by atoms with Crippen LogP contribution in [0.5, 0.6) is 0 Å². The summed E-state index contributed by atoms with van der Waals surface area (Å²) in [6, 6.07) is 3.60. The monoisotopic (exact) mass is 186 g/mol. The van der Waals surface area contributed by atoms with Crippen LogP contribution >= 0.6 is 0 Å². The first-order valence-electron chi connectivity index (χ1n) is 3.70. The van der Waals surface area contributed by atoms with Gasteiger partial charge in [0.05, 0.1) is 0 Å². The van der Waals surface area contributed by atoms with Crippen LogP contribution in [0, 0.1) is 11.6 Å². The van der Waals surface area contributed by atoms with E-state index in [1.165, 1.54) is 12.1 Å². The van der Waals surface area contributed by atoms with Crippen molar-refractivity contribution in [2.75, 3.05) is 6.61 Å². The van der Waals surface area contributed by atoms with Gasteiger partial charge >= 0.3 is 0 Å². The molecule has 0 radical (unpaired) electrons. The topological polar surface area (TPSA) is 37.3 Å². The molecule has 0 bridgehead atoms. The Morgan fingerprint density at radius 2 is 2.08 bits per heavy atom. The van der Waals surface area contributed by atoms with E-state index < -0.39 is 24.0 Å². The molecule has 1 rings (SSSR count). The molecule has 1 aromatic rings. The Hall–Kier alpha value is -1.29. The van der Waals surface area contributed by atoms with Crippen molar-refractivity contribution in [3.63, 3.8) is 0 Å². The maximum atomic E-state index is 12.9. The van der Waals surface area contributed by atoms with E-state index in [4.69, 9.17) is 5.11 Å². The van der Waals surface area contributed by atoms with Crippen LogP contribution in [0.3, 0.4) is 0 Å². The van der Waals surface area contributed by atoms with Crippen LogP contribution in [0.25, 0.3) is 0 Å². The largest absolute Gasteiger partial charge is 0.389 e. The van der Waals surface area contributed by atoms with E-state index in [9.17, 15) is 13.6 Å². The molecule has 0 heterocycles. The fourth-order valence-electron chi connectivity index (χ4n) is 0.953.